The van der Waals surface area contributed by atoms with E-state index in [0.29, 0.717) is 22.6 Å². The minimum absolute atomic E-state index is 0.138. The highest BCUT2D eigenvalue weighted by atomic mass is 32.2. The Bertz CT molecular complexity index is 681. The van der Waals surface area contributed by atoms with E-state index in [-0.39, 0.29) is 5.91 Å². The van der Waals surface area contributed by atoms with Gasteiger partial charge in [0.1, 0.15) is 5.75 Å². The van der Waals surface area contributed by atoms with Crippen molar-refractivity contribution in [3.8, 4) is 17.2 Å². The number of carbonyl (C=O) groups excluding carboxylic acids is 1. The predicted octanol–water partition coefficient (Wildman–Crippen LogP) is 3.24. The van der Waals surface area contributed by atoms with Crippen molar-refractivity contribution in [1.29, 1.82) is 0 Å². The van der Waals surface area contributed by atoms with Crippen LogP contribution in [0.1, 0.15) is 25.7 Å². The van der Waals surface area contributed by atoms with Gasteiger partial charge >= 0.3 is 0 Å². The number of aromatic nitrogens is 2. The summed E-state index contributed by atoms with van der Waals surface area (Å²) in [6.45, 7) is 1.71. The molecule has 0 atom stereocenters. The van der Waals surface area contributed by atoms with Crippen LogP contribution in [0.25, 0.3) is 11.5 Å². The molecule has 0 spiro atoms. The monoisotopic (exact) mass is 347 g/mol. The van der Waals surface area contributed by atoms with Gasteiger partial charge in [0, 0.05) is 13.1 Å². The molecule has 1 amide bonds. The summed E-state index contributed by atoms with van der Waals surface area (Å²) < 4.78 is 11.0. The number of methoxy groups -OCH3 is 1. The van der Waals surface area contributed by atoms with Crippen LogP contribution in [0.2, 0.25) is 0 Å². The number of rotatable bonds is 5. The second kappa shape index (κ2) is 8.19. The lowest BCUT2D eigenvalue weighted by atomic mass is 10.2. The molecule has 1 aromatic heterocycles. The largest absolute Gasteiger partial charge is 0.496 e. The summed E-state index contributed by atoms with van der Waals surface area (Å²) >= 11 is 1.29. The van der Waals surface area contributed by atoms with E-state index in [1.165, 1.54) is 24.6 Å². The van der Waals surface area contributed by atoms with Gasteiger partial charge in [0.15, 0.2) is 0 Å². The van der Waals surface area contributed by atoms with Crippen molar-refractivity contribution in [1.82, 2.24) is 15.1 Å². The first-order valence-electron chi connectivity index (χ1n) is 8.15. The zero-order chi connectivity index (χ0) is 16.8. The minimum atomic E-state index is 0.138. The molecule has 0 unspecified atom stereocenters. The molecule has 128 valence electrons. The lowest BCUT2D eigenvalue weighted by Gasteiger charge is -2.19. The maximum absolute atomic E-state index is 12.3. The van der Waals surface area contributed by atoms with Crippen LogP contribution in [-0.4, -0.2) is 47.0 Å². The fraction of sp³-hybridized carbons (Fsp3) is 0.471. The summed E-state index contributed by atoms with van der Waals surface area (Å²) in [5.41, 5.74) is 0.748. The molecule has 24 heavy (non-hydrogen) atoms. The van der Waals surface area contributed by atoms with Gasteiger partial charge in [-0.05, 0) is 25.0 Å². The van der Waals surface area contributed by atoms with Gasteiger partial charge in [0.2, 0.25) is 5.91 Å². The second-order valence-electron chi connectivity index (χ2n) is 5.66. The number of para-hydroxylation sites is 1. The Morgan fingerprint density at radius 2 is 1.96 bits per heavy atom. The Morgan fingerprint density at radius 3 is 2.71 bits per heavy atom. The van der Waals surface area contributed by atoms with Crippen LogP contribution in [0.3, 0.4) is 0 Å². The quantitative estimate of drug-likeness (QED) is 0.774. The lowest BCUT2D eigenvalue weighted by molar-refractivity contribution is -0.128. The fourth-order valence-electron chi connectivity index (χ4n) is 2.73. The average Bonchev–Trinajstić information content (AvgIpc) is 2.92. The zero-order valence-corrected chi connectivity index (χ0v) is 14.6. The molecule has 0 bridgehead atoms. The number of carbonyl (C=O) groups is 1. The average molecular weight is 347 g/mol. The molecular formula is C17H21N3O3S. The van der Waals surface area contributed by atoms with Gasteiger partial charge in [-0.15, -0.1) is 10.2 Å². The zero-order valence-electron chi connectivity index (χ0n) is 13.7. The van der Waals surface area contributed by atoms with E-state index in [1.54, 1.807) is 7.11 Å². The molecule has 2 aromatic rings. The summed E-state index contributed by atoms with van der Waals surface area (Å²) in [5, 5.41) is 8.48. The van der Waals surface area contributed by atoms with Crippen LogP contribution in [0.5, 0.6) is 5.75 Å². The van der Waals surface area contributed by atoms with Crippen LogP contribution < -0.4 is 4.74 Å². The van der Waals surface area contributed by atoms with E-state index >= 15 is 0 Å². The Balaban J connectivity index is 1.61. The molecule has 0 N–H and O–H groups in total. The van der Waals surface area contributed by atoms with Gasteiger partial charge in [0.25, 0.3) is 11.1 Å². The third-order valence-electron chi connectivity index (χ3n) is 4.02. The number of amides is 1. The minimum Gasteiger partial charge on any atom is -0.496 e. The third kappa shape index (κ3) is 4.08. The van der Waals surface area contributed by atoms with Crippen LogP contribution in [0.4, 0.5) is 0 Å². The Morgan fingerprint density at radius 1 is 1.21 bits per heavy atom. The van der Waals surface area contributed by atoms with Crippen LogP contribution in [0.15, 0.2) is 33.9 Å². The van der Waals surface area contributed by atoms with Gasteiger partial charge in [-0.1, -0.05) is 36.7 Å². The van der Waals surface area contributed by atoms with Gasteiger partial charge in [-0.3, -0.25) is 4.79 Å². The first-order chi connectivity index (χ1) is 11.8. The normalized spacial score (nSPS) is 15.1. The highest BCUT2D eigenvalue weighted by Crippen LogP contribution is 2.30. The van der Waals surface area contributed by atoms with E-state index in [1.807, 2.05) is 29.2 Å². The van der Waals surface area contributed by atoms with Crippen molar-refractivity contribution in [2.75, 3.05) is 26.0 Å². The van der Waals surface area contributed by atoms with Crippen molar-refractivity contribution in [3.05, 3.63) is 24.3 Å². The third-order valence-corrected chi connectivity index (χ3v) is 4.82. The molecule has 7 heteroatoms. The standard InChI is InChI=1S/C17H21N3O3S/c1-22-14-9-5-4-8-13(14)16-18-19-17(23-16)24-12-15(21)20-10-6-2-3-7-11-20/h4-5,8-9H,2-3,6-7,10-12H2,1H3. The molecule has 1 aliphatic heterocycles. The van der Waals surface area contributed by atoms with Crippen molar-refractivity contribution in [2.45, 2.75) is 30.9 Å². The summed E-state index contributed by atoms with van der Waals surface area (Å²) in [5.74, 6) is 1.54. The second-order valence-corrected chi connectivity index (χ2v) is 6.58. The molecule has 2 heterocycles. The highest BCUT2D eigenvalue weighted by Gasteiger charge is 2.18. The van der Waals surface area contributed by atoms with Crippen molar-refractivity contribution >= 4 is 17.7 Å². The topological polar surface area (TPSA) is 68.5 Å². The number of hydrogen-bond donors (Lipinski definition) is 0. The molecule has 1 aliphatic rings. The maximum Gasteiger partial charge on any atom is 0.277 e. The molecule has 1 aromatic carbocycles. The molecule has 3 rings (SSSR count). The Labute approximate surface area is 145 Å². The maximum atomic E-state index is 12.3. The van der Waals surface area contributed by atoms with E-state index in [2.05, 4.69) is 10.2 Å². The van der Waals surface area contributed by atoms with Crippen molar-refractivity contribution < 1.29 is 13.9 Å². The molecule has 0 aliphatic carbocycles. The lowest BCUT2D eigenvalue weighted by Crippen LogP contribution is -2.33. The Kier molecular flexibility index (Phi) is 5.74. The summed E-state index contributed by atoms with van der Waals surface area (Å²) in [6.07, 6.45) is 4.61. The molecular weight excluding hydrogens is 326 g/mol. The number of thioether (sulfide) groups is 1. The number of ether oxygens (including phenoxy) is 1. The highest BCUT2D eigenvalue weighted by molar-refractivity contribution is 7.99. The van der Waals surface area contributed by atoms with E-state index in [9.17, 15) is 4.79 Å². The fourth-order valence-corrected chi connectivity index (χ4v) is 3.40. The number of likely N-dealkylation sites (tertiary alicyclic amines) is 1. The first-order valence-corrected chi connectivity index (χ1v) is 9.14. The smallest absolute Gasteiger partial charge is 0.277 e. The van der Waals surface area contributed by atoms with Gasteiger partial charge in [-0.25, -0.2) is 0 Å². The summed E-state index contributed by atoms with van der Waals surface area (Å²) in [6, 6.07) is 7.48. The van der Waals surface area contributed by atoms with Crippen molar-refractivity contribution in [3.63, 3.8) is 0 Å². The van der Waals surface area contributed by atoms with Gasteiger partial charge in [0.05, 0.1) is 18.4 Å². The summed E-state index contributed by atoms with van der Waals surface area (Å²) in [7, 11) is 1.60. The molecule has 1 saturated heterocycles. The van der Waals surface area contributed by atoms with E-state index in [0.717, 1.165) is 31.5 Å². The van der Waals surface area contributed by atoms with Gasteiger partial charge < -0.3 is 14.1 Å². The predicted molar refractivity (Wildman–Crippen MR) is 92.1 cm³/mol. The van der Waals surface area contributed by atoms with Gasteiger partial charge in [-0.2, -0.15) is 0 Å². The van der Waals surface area contributed by atoms with Crippen molar-refractivity contribution in [2.24, 2.45) is 0 Å². The van der Waals surface area contributed by atoms with E-state index < -0.39 is 0 Å². The van der Waals surface area contributed by atoms with Crippen LogP contribution in [-0.2, 0) is 4.79 Å². The first kappa shape index (κ1) is 16.8. The molecule has 0 radical (unpaired) electrons. The van der Waals surface area contributed by atoms with E-state index in [4.69, 9.17) is 9.15 Å². The SMILES string of the molecule is COc1ccccc1-c1nnc(SCC(=O)N2CCCCCC2)o1. The molecule has 1 fully saturated rings. The number of nitrogens with zero attached hydrogens (tertiary/aromatic N) is 3. The summed E-state index contributed by atoms with van der Waals surface area (Å²) in [4.78, 5) is 14.2. The van der Waals surface area contributed by atoms with Crippen LogP contribution >= 0.6 is 11.8 Å². The Hall–Kier alpha value is -2.02. The molecule has 6 nitrogen and oxygen atoms in total. The number of benzene rings is 1. The van der Waals surface area contributed by atoms with Crippen LogP contribution in [0, 0.1) is 0 Å². The number of hydrogen-bond acceptors (Lipinski definition) is 6. The molecule has 0 saturated carbocycles.